The van der Waals surface area contributed by atoms with Gasteiger partial charge in [0.25, 0.3) is 0 Å². The third kappa shape index (κ3) is 1.24. The van der Waals surface area contributed by atoms with E-state index in [-0.39, 0.29) is 0 Å². The van der Waals surface area contributed by atoms with E-state index < -0.39 is 7.05 Å². The van der Waals surface area contributed by atoms with E-state index in [0.717, 1.165) is 22.3 Å². The zero-order valence-corrected chi connectivity index (χ0v) is 8.14. The monoisotopic (exact) mass is 195 g/mol. The molecule has 2 aromatic carbocycles. The Balaban J connectivity index is 2.30. The molecule has 0 radical (unpaired) electrons. The number of hydrogen-bond acceptors (Lipinski definition) is 2. The van der Waals surface area contributed by atoms with Gasteiger partial charge in [-0.1, -0.05) is 42.5 Å². The van der Waals surface area contributed by atoms with E-state index in [1.807, 2.05) is 42.5 Å². The van der Waals surface area contributed by atoms with Gasteiger partial charge in [-0.3, -0.25) is 0 Å². The third-order valence-corrected chi connectivity index (χ3v) is 2.76. The summed E-state index contributed by atoms with van der Waals surface area (Å²) in [4.78, 5) is 0. The Morgan fingerprint density at radius 3 is 2.40 bits per heavy atom. The molecular formula is C12H10BNO. The highest BCUT2D eigenvalue weighted by Gasteiger charge is 2.25. The SMILES string of the molecule is OB1Nc2ccccc2-c2ccccc21. The van der Waals surface area contributed by atoms with Crippen molar-refractivity contribution in [3.05, 3.63) is 48.5 Å². The maximum absolute atomic E-state index is 9.90. The average molecular weight is 195 g/mol. The molecule has 2 aromatic rings. The first-order valence-electron chi connectivity index (χ1n) is 4.99. The minimum absolute atomic E-state index is 0.601. The highest BCUT2D eigenvalue weighted by atomic mass is 16.2. The zero-order chi connectivity index (χ0) is 10.3. The Hall–Kier alpha value is -1.74. The lowest BCUT2D eigenvalue weighted by atomic mass is 9.67. The van der Waals surface area contributed by atoms with Gasteiger partial charge in [0.05, 0.1) is 0 Å². The molecule has 2 nitrogen and oxygen atoms in total. The van der Waals surface area contributed by atoms with E-state index in [1.165, 1.54) is 0 Å². The van der Waals surface area contributed by atoms with Crippen LogP contribution in [-0.2, 0) is 0 Å². The van der Waals surface area contributed by atoms with Gasteiger partial charge in [0.15, 0.2) is 0 Å². The Bertz CT molecular complexity index is 512. The maximum Gasteiger partial charge on any atom is 0.447 e. The average Bonchev–Trinajstić information content (AvgIpc) is 2.30. The normalized spacial score (nSPS) is 12.7. The van der Waals surface area contributed by atoms with Crippen LogP contribution in [0.3, 0.4) is 0 Å². The molecule has 0 aromatic heterocycles. The summed E-state index contributed by atoms with van der Waals surface area (Å²) in [6.45, 7) is 0. The summed E-state index contributed by atoms with van der Waals surface area (Å²) in [7, 11) is -0.601. The van der Waals surface area contributed by atoms with Crippen molar-refractivity contribution in [3.8, 4) is 11.1 Å². The van der Waals surface area contributed by atoms with E-state index in [0.29, 0.717) is 0 Å². The van der Waals surface area contributed by atoms with E-state index in [2.05, 4.69) is 11.3 Å². The van der Waals surface area contributed by atoms with E-state index in [9.17, 15) is 5.02 Å². The number of hydrogen-bond donors (Lipinski definition) is 2. The van der Waals surface area contributed by atoms with Crippen LogP contribution in [-0.4, -0.2) is 12.1 Å². The van der Waals surface area contributed by atoms with E-state index in [1.54, 1.807) is 0 Å². The first-order chi connectivity index (χ1) is 7.36. The Morgan fingerprint density at radius 1 is 0.867 bits per heavy atom. The Kier molecular flexibility index (Phi) is 1.79. The molecular weight excluding hydrogens is 185 g/mol. The molecule has 2 N–H and O–H groups in total. The molecule has 72 valence electrons. The van der Waals surface area contributed by atoms with E-state index >= 15 is 0 Å². The first kappa shape index (κ1) is 8.56. The second kappa shape index (κ2) is 3.14. The molecule has 0 fully saturated rings. The second-order valence-corrected chi connectivity index (χ2v) is 3.68. The van der Waals surface area contributed by atoms with E-state index in [4.69, 9.17) is 0 Å². The van der Waals surface area contributed by atoms with Crippen LogP contribution in [0.25, 0.3) is 11.1 Å². The molecule has 3 rings (SSSR count). The molecule has 0 bridgehead atoms. The van der Waals surface area contributed by atoms with Crippen LogP contribution in [0.5, 0.6) is 0 Å². The highest BCUT2D eigenvalue weighted by Crippen LogP contribution is 2.29. The topological polar surface area (TPSA) is 32.3 Å². The highest BCUT2D eigenvalue weighted by molar-refractivity contribution is 6.72. The molecule has 3 heteroatoms. The molecule has 0 spiro atoms. The van der Waals surface area contributed by atoms with Crippen molar-refractivity contribution in [1.29, 1.82) is 0 Å². The van der Waals surface area contributed by atoms with Gasteiger partial charge in [0, 0.05) is 11.3 Å². The summed E-state index contributed by atoms with van der Waals surface area (Å²) in [6.07, 6.45) is 0. The number of benzene rings is 2. The fourth-order valence-corrected chi connectivity index (χ4v) is 2.05. The standard InChI is InChI=1S/C12H10BNO/c15-13-11-7-3-1-5-9(11)10-6-2-4-8-12(10)14-13/h1-8,14-15H. The van der Waals surface area contributed by atoms with Crippen molar-refractivity contribution >= 4 is 18.2 Å². The van der Waals surface area contributed by atoms with Crippen LogP contribution in [0.2, 0.25) is 0 Å². The van der Waals surface area contributed by atoms with Crippen molar-refractivity contribution in [2.45, 2.75) is 0 Å². The fraction of sp³-hybridized carbons (Fsp3) is 0. The smallest absolute Gasteiger partial charge is 0.429 e. The second-order valence-electron chi connectivity index (χ2n) is 3.68. The molecule has 15 heavy (non-hydrogen) atoms. The number of fused-ring (bicyclic) bond motifs is 3. The van der Waals surface area contributed by atoms with Gasteiger partial charge in [-0.2, -0.15) is 0 Å². The fourth-order valence-electron chi connectivity index (χ4n) is 2.05. The summed E-state index contributed by atoms with van der Waals surface area (Å²) >= 11 is 0. The van der Waals surface area contributed by atoms with Crippen LogP contribution in [0.4, 0.5) is 5.69 Å². The van der Waals surface area contributed by atoms with Crippen molar-refractivity contribution in [2.24, 2.45) is 0 Å². The zero-order valence-electron chi connectivity index (χ0n) is 8.14. The van der Waals surface area contributed by atoms with Crippen molar-refractivity contribution in [2.75, 3.05) is 5.23 Å². The molecule has 0 unspecified atom stereocenters. The van der Waals surface area contributed by atoms with Gasteiger partial charge in [-0.05, 0) is 17.1 Å². The van der Waals surface area contributed by atoms with Crippen LogP contribution in [0.15, 0.2) is 48.5 Å². The quantitative estimate of drug-likeness (QED) is 0.623. The van der Waals surface area contributed by atoms with Gasteiger partial charge in [0.1, 0.15) is 0 Å². The van der Waals surface area contributed by atoms with Gasteiger partial charge in [-0.25, -0.2) is 0 Å². The summed E-state index contributed by atoms with van der Waals surface area (Å²) in [5.74, 6) is 0. The van der Waals surface area contributed by atoms with Crippen molar-refractivity contribution in [3.63, 3.8) is 0 Å². The molecule has 1 heterocycles. The van der Waals surface area contributed by atoms with Crippen LogP contribution >= 0.6 is 0 Å². The van der Waals surface area contributed by atoms with Crippen LogP contribution < -0.4 is 10.7 Å². The number of nitrogens with one attached hydrogen (secondary N) is 1. The summed E-state index contributed by atoms with van der Waals surface area (Å²) in [6, 6.07) is 15.9. The lowest BCUT2D eigenvalue weighted by molar-refractivity contribution is 0.593. The predicted molar refractivity (Wildman–Crippen MR) is 63.1 cm³/mol. The minimum atomic E-state index is -0.601. The largest absolute Gasteiger partial charge is 0.447 e. The first-order valence-corrected chi connectivity index (χ1v) is 4.99. The molecule has 0 atom stereocenters. The predicted octanol–water partition coefficient (Wildman–Crippen LogP) is 1.47. The summed E-state index contributed by atoms with van der Waals surface area (Å²) in [5, 5.41) is 13.0. The maximum atomic E-state index is 9.90. The molecule has 1 aliphatic heterocycles. The molecule has 1 aliphatic rings. The molecule has 0 saturated heterocycles. The van der Waals surface area contributed by atoms with Gasteiger partial charge in [0.2, 0.25) is 0 Å². The molecule has 0 saturated carbocycles. The summed E-state index contributed by atoms with van der Waals surface area (Å²) < 4.78 is 0. The number of anilines is 1. The van der Waals surface area contributed by atoms with Gasteiger partial charge in [-0.15, -0.1) is 0 Å². The number of rotatable bonds is 0. The summed E-state index contributed by atoms with van der Waals surface area (Å²) in [5.41, 5.74) is 4.19. The van der Waals surface area contributed by atoms with Crippen molar-refractivity contribution in [1.82, 2.24) is 0 Å². The Labute approximate surface area is 88.7 Å². The van der Waals surface area contributed by atoms with Gasteiger partial charge >= 0.3 is 7.05 Å². The van der Waals surface area contributed by atoms with Crippen LogP contribution in [0, 0.1) is 0 Å². The number of para-hydroxylation sites is 1. The third-order valence-electron chi connectivity index (χ3n) is 2.76. The lowest BCUT2D eigenvalue weighted by Gasteiger charge is -2.23. The lowest BCUT2D eigenvalue weighted by Crippen LogP contribution is -2.42. The minimum Gasteiger partial charge on any atom is -0.429 e. The van der Waals surface area contributed by atoms with Gasteiger partial charge < -0.3 is 10.3 Å². The molecule has 0 aliphatic carbocycles. The Morgan fingerprint density at radius 2 is 1.53 bits per heavy atom. The van der Waals surface area contributed by atoms with Crippen LogP contribution in [0.1, 0.15) is 0 Å². The van der Waals surface area contributed by atoms with Crippen molar-refractivity contribution < 1.29 is 5.02 Å². The molecule has 0 amide bonds.